The van der Waals surface area contributed by atoms with E-state index in [1.807, 2.05) is 11.9 Å². The molecule has 1 heterocycles. The lowest BCUT2D eigenvalue weighted by molar-refractivity contribution is -0.133. The molecule has 138 valence electrons. The molecule has 25 heavy (non-hydrogen) atoms. The van der Waals surface area contributed by atoms with Crippen molar-refractivity contribution in [2.24, 2.45) is 11.8 Å². The lowest BCUT2D eigenvalue weighted by atomic mass is 9.93. The van der Waals surface area contributed by atoms with E-state index in [1.54, 1.807) is 0 Å². The molecular formula is C20H30N2O3. The van der Waals surface area contributed by atoms with E-state index in [0.29, 0.717) is 19.6 Å². The second-order valence-electron chi connectivity index (χ2n) is 7.85. The number of likely N-dealkylation sites (N-methyl/N-ethyl adjacent to an activating group) is 1. The first-order chi connectivity index (χ1) is 12.0. The van der Waals surface area contributed by atoms with Gasteiger partial charge >= 0.3 is 0 Å². The number of aliphatic hydroxyl groups excluding tert-OH is 2. The molecule has 5 nitrogen and oxygen atoms in total. The molecule has 2 atom stereocenters. The Balaban J connectivity index is 1.69. The fourth-order valence-electron chi connectivity index (χ4n) is 4.11. The molecule has 1 aromatic carbocycles. The smallest absolute Gasteiger partial charge is 0.233 e. The van der Waals surface area contributed by atoms with Crippen molar-refractivity contribution in [1.29, 1.82) is 0 Å². The summed E-state index contributed by atoms with van der Waals surface area (Å²) in [4.78, 5) is 17.3. The first-order valence-electron chi connectivity index (χ1n) is 9.27. The summed E-state index contributed by atoms with van der Waals surface area (Å²) in [6.07, 6.45) is 1.84. The van der Waals surface area contributed by atoms with Crippen LogP contribution in [0.4, 0.5) is 0 Å². The monoisotopic (exact) mass is 346 g/mol. The maximum absolute atomic E-state index is 13.2. The minimum absolute atomic E-state index is 0.110. The Labute approximate surface area is 150 Å². The second kappa shape index (κ2) is 7.44. The van der Waals surface area contributed by atoms with Crippen LogP contribution in [-0.2, 0) is 10.2 Å². The van der Waals surface area contributed by atoms with Gasteiger partial charge in [0, 0.05) is 38.7 Å². The van der Waals surface area contributed by atoms with E-state index >= 15 is 0 Å². The van der Waals surface area contributed by atoms with Gasteiger partial charge < -0.3 is 20.0 Å². The normalized spacial score (nSPS) is 24.8. The molecule has 1 saturated heterocycles. The largest absolute Gasteiger partial charge is 0.396 e. The van der Waals surface area contributed by atoms with Crippen LogP contribution in [0.15, 0.2) is 24.3 Å². The quantitative estimate of drug-likeness (QED) is 0.774. The van der Waals surface area contributed by atoms with Crippen LogP contribution in [0.2, 0.25) is 0 Å². The van der Waals surface area contributed by atoms with Gasteiger partial charge in [0.25, 0.3) is 0 Å². The summed E-state index contributed by atoms with van der Waals surface area (Å²) in [5.41, 5.74) is 2.00. The number of carbonyl (C=O) groups is 1. The van der Waals surface area contributed by atoms with E-state index in [-0.39, 0.29) is 36.4 Å². The van der Waals surface area contributed by atoms with Gasteiger partial charge in [-0.3, -0.25) is 4.79 Å². The summed E-state index contributed by atoms with van der Waals surface area (Å²) in [7, 11) is 1.98. The molecule has 1 aliphatic carbocycles. The minimum Gasteiger partial charge on any atom is -0.396 e. The standard InChI is InChI=1S/C20H30N2O3/c1-15-3-5-18(6-4-15)20(7-8-20)19(25)22-12-16(17(13-22)14-24)11-21(2)9-10-23/h3-6,16-17,23-24H,7-14H2,1-2H3. The fourth-order valence-corrected chi connectivity index (χ4v) is 4.11. The van der Waals surface area contributed by atoms with Crippen molar-refractivity contribution in [1.82, 2.24) is 9.80 Å². The average molecular weight is 346 g/mol. The number of likely N-dealkylation sites (tertiary alicyclic amines) is 1. The summed E-state index contributed by atoms with van der Waals surface area (Å²) in [5.74, 6) is 0.611. The maximum Gasteiger partial charge on any atom is 0.233 e. The zero-order valence-corrected chi connectivity index (χ0v) is 15.3. The van der Waals surface area contributed by atoms with E-state index in [1.165, 1.54) is 5.56 Å². The van der Waals surface area contributed by atoms with Crippen LogP contribution in [-0.4, -0.2) is 72.4 Å². The number of aryl methyl sites for hydroxylation is 1. The molecule has 2 unspecified atom stereocenters. The molecule has 3 rings (SSSR count). The van der Waals surface area contributed by atoms with Crippen molar-refractivity contribution >= 4 is 5.91 Å². The predicted octanol–water partition coefficient (Wildman–Crippen LogP) is 1.02. The molecule has 0 radical (unpaired) electrons. The zero-order chi connectivity index (χ0) is 18.0. The van der Waals surface area contributed by atoms with Gasteiger partial charge in [-0.1, -0.05) is 29.8 Å². The van der Waals surface area contributed by atoms with E-state index in [0.717, 1.165) is 24.9 Å². The van der Waals surface area contributed by atoms with Crippen molar-refractivity contribution in [3.63, 3.8) is 0 Å². The van der Waals surface area contributed by atoms with E-state index in [4.69, 9.17) is 5.11 Å². The number of aliphatic hydroxyl groups is 2. The van der Waals surface area contributed by atoms with Gasteiger partial charge in [-0.2, -0.15) is 0 Å². The summed E-state index contributed by atoms with van der Waals surface area (Å²) in [6.45, 7) is 5.06. The Morgan fingerprint density at radius 1 is 1.20 bits per heavy atom. The Bertz CT molecular complexity index is 597. The molecule has 0 spiro atoms. The maximum atomic E-state index is 13.2. The van der Waals surface area contributed by atoms with Crippen LogP contribution in [0, 0.1) is 18.8 Å². The van der Waals surface area contributed by atoms with E-state index in [2.05, 4.69) is 36.1 Å². The van der Waals surface area contributed by atoms with Crippen molar-refractivity contribution < 1.29 is 15.0 Å². The van der Waals surface area contributed by atoms with Crippen molar-refractivity contribution in [2.75, 3.05) is 46.4 Å². The van der Waals surface area contributed by atoms with Gasteiger partial charge in [-0.25, -0.2) is 0 Å². The number of rotatable bonds is 7. The lowest BCUT2D eigenvalue weighted by Crippen LogP contribution is -2.38. The van der Waals surface area contributed by atoms with Crippen LogP contribution in [0.5, 0.6) is 0 Å². The van der Waals surface area contributed by atoms with Gasteiger partial charge in [0.1, 0.15) is 0 Å². The topological polar surface area (TPSA) is 64.0 Å². The molecule has 2 aliphatic rings. The third kappa shape index (κ3) is 3.73. The third-order valence-electron chi connectivity index (χ3n) is 5.89. The number of carbonyl (C=O) groups excluding carboxylic acids is 1. The highest BCUT2D eigenvalue weighted by Gasteiger charge is 2.54. The van der Waals surface area contributed by atoms with Crippen molar-refractivity contribution in [2.45, 2.75) is 25.2 Å². The summed E-state index contributed by atoms with van der Waals surface area (Å²) >= 11 is 0. The Morgan fingerprint density at radius 2 is 1.84 bits per heavy atom. The molecule has 2 N–H and O–H groups in total. The van der Waals surface area contributed by atoms with Crippen LogP contribution in [0.1, 0.15) is 24.0 Å². The summed E-state index contributed by atoms with van der Waals surface area (Å²) < 4.78 is 0. The van der Waals surface area contributed by atoms with Gasteiger partial charge in [-0.05, 0) is 38.3 Å². The van der Waals surface area contributed by atoms with Gasteiger partial charge in [-0.15, -0.1) is 0 Å². The molecule has 0 aromatic heterocycles. The van der Waals surface area contributed by atoms with Crippen LogP contribution in [0.25, 0.3) is 0 Å². The first kappa shape index (κ1) is 18.4. The van der Waals surface area contributed by atoms with Crippen LogP contribution >= 0.6 is 0 Å². The molecule has 1 amide bonds. The molecule has 1 aromatic rings. The van der Waals surface area contributed by atoms with Gasteiger partial charge in [0.15, 0.2) is 0 Å². The van der Waals surface area contributed by atoms with Crippen molar-refractivity contribution in [3.05, 3.63) is 35.4 Å². The molecule has 2 fully saturated rings. The molecule has 1 aliphatic heterocycles. The fraction of sp³-hybridized carbons (Fsp3) is 0.650. The predicted molar refractivity (Wildman–Crippen MR) is 97.3 cm³/mol. The number of hydrogen-bond acceptors (Lipinski definition) is 4. The molecule has 0 bridgehead atoms. The molecule has 5 heteroatoms. The minimum atomic E-state index is -0.334. The highest BCUT2D eigenvalue weighted by molar-refractivity contribution is 5.91. The zero-order valence-electron chi connectivity index (χ0n) is 15.3. The Kier molecular flexibility index (Phi) is 5.46. The highest BCUT2D eigenvalue weighted by Crippen LogP contribution is 2.50. The van der Waals surface area contributed by atoms with Gasteiger partial charge in [0.2, 0.25) is 5.91 Å². The highest BCUT2D eigenvalue weighted by atomic mass is 16.3. The van der Waals surface area contributed by atoms with Crippen LogP contribution in [0.3, 0.4) is 0 Å². The van der Waals surface area contributed by atoms with Gasteiger partial charge in [0.05, 0.1) is 12.0 Å². The Hall–Kier alpha value is -1.43. The van der Waals surface area contributed by atoms with E-state index < -0.39 is 0 Å². The molecule has 1 saturated carbocycles. The first-order valence-corrected chi connectivity index (χ1v) is 9.27. The van der Waals surface area contributed by atoms with E-state index in [9.17, 15) is 9.90 Å². The van der Waals surface area contributed by atoms with Crippen molar-refractivity contribution in [3.8, 4) is 0 Å². The lowest BCUT2D eigenvalue weighted by Gasteiger charge is -2.25. The second-order valence-corrected chi connectivity index (χ2v) is 7.85. The molecular weight excluding hydrogens is 316 g/mol. The van der Waals surface area contributed by atoms with Crippen LogP contribution < -0.4 is 0 Å². The SMILES string of the molecule is Cc1ccc(C2(C(=O)N3CC(CO)C(CN(C)CCO)C3)CC2)cc1. The number of nitrogens with zero attached hydrogens (tertiary/aromatic N) is 2. The summed E-state index contributed by atoms with van der Waals surface area (Å²) in [5, 5.41) is 18.8. The average Bonchev–Trinajstić information content (AvgIpc) is 3.30. The number of hydrogen-bond donors (Lipinski definition) is 2. The number of amides is 1. The Morgan fingerprint density at radius 3 is 2.40 bits per heavy atom. The summed E-state index contributed by atoms with van der Waals surface area (Å²) in [6, 6.07) is 8.34. The third-order valence-corrected chi connectivity index (χ3v) is 5.89. The number of benzene rings is 1.